The van der Waals surface area contributed by atoms with Crippen LogP contribution in [0.4, 0.5) is 0 Å². The second-order valence-electron chi connectivity index (χ2n) is 3.90. The second-order valence-corrected chi connectivity index (χ2v) is 6.39. The molecular weight excluding hydrogens is 247 g/mol. The van der Waals surface area contributed by atoms with Gasteiger partial charge in [0.25, 0.3) is 0 Å². The van der Waals surface area contributed by atoms with Gasteiger partial charge in [-0.05, 0) is 31.4 Å². The van der Waals surface area contributed by atoms with Gasteiger partial charge in [0.05, 0.1) is 10.8 Å². The summed E-state index contributed by atoms with van der Waals surface area (Å²) < 4.78 is 0. The highest BCUT2D eigenvalue weighted by Gasteiger charge is 2.27. The first-order valence-corrected chi connectivity index (χ1v) is 7.01. The Kier molecular flexibility index (Phi) is 4.24. The van der Waals surface area contributed by atoms with Gasteiger partial charge < -0.3 is 0 Å². The highest BCUT2D eigenvalue weighted by atomic mass is 35.5. The Morgan fingerprint density at radius 1 is 1.00 bits per heavy atom. The maximum Gasteiger partial charge on any atom is 0.0510 e. The standard InChI is InChI=1S/C12H14Cl2S/c13-11-7-6-10(8-12(11)14)15-9-4-2-1-3-5-9/h1-5,10-12H,6-8H2. The number of benzene rings is 1. The SMILES string of the molecule is ClC1CCC(Sc2ccccc2)CC1Cl. The van der Waals surface area contributed by atoms with Crippen molar-refractivity contribution in [2.45, 2.75) is 40.2 Å². The van der Waals surface area contributed by atoms with E-state index < -0.39 is 0 Å². The predicted molar refractivity (Wildman–Crippen MR) is 69.2 cm³/mol. The molecule has 0 bridgehead atoms. The van der Waals surface area contributed by atoms with Gasteiger partial charge in [-0.2, -0.15) is 0 Å². The molecule has 1 aliphatic carbocycles. The van der Waals surface area contributed by atoms with Crippen molar-refractivity contribution in [1.29, 1.82) is 0 Å². The molecule has 0 amide bonds. The molecule has 2 rings (SSSR count). The Bertz CT molecular complexity index is 302. The van der Waals surface area contributed by atoms with Gasteiger partial charge in [0, 0.05) is 10.1 Å². The molecular formula is C12H14Cl2S. The largest absolute Gasteiger partial charge is 0.123 e. The molecule has 1 aromatic carbocycles. The molecule has 1 aromatic rings. The average molecular weight is 261 g/mol. The van der Waals surface area contributed by atoms with Gasteiger partial charge in [-0.15, -0.1) is 35.0 Å². The molecule has 0 heterocycles. The second kappa shape index (κ2) is 5.47. The minimum absolute atomic E-state index is 0.140. The van der Waals surface area contributed by atoms with Gasteiger partial charge in [-0.25, -0.2) is 0 Å². The number of hydrogen-bond donors (Lipinski definition) is 0. The Labute approximate surface area is 105 Å². The molecule has 0 radical (unpaired) electrons. The summed E-state index contributed by atoms with van der Waals surface area (Å²) in [6.45, 7) is 0. The summed E-state index contributed by atoms with van der Waals surface area (Å²) in [5.41, 5.74) is 0. The van der Waals surface area contributed by atoms with E-state index in [-0.39, 0.29) is 10.8 Å². The molecule has 0 aromatic heterocycles. The molecule has 15 heavy (non-hydrogen) atoms. The fourth-order valence-electron chi connectivity index (χ4n) is 1.84. The van der Waals surface area contributed by atoms with Crippen LogP contribution in [0.3, 0.4) is 0 Å². The maximum atomic E-state index is 6.18. The van der Waals surface area contributed by atoms with Gasteiger partial charge in [-0.1, -0.05) is 18.2 Å². The van der Waals surface area contributed by atoms with Gasteiger partial charge in [0.1, 0.15) is 0 Å². The smallest absolute Gasteiger partial charge is 0.0510 e. The van der Waals surface area contributed by atoms with Gasteiger partial charge in [-0.3, -0.25) is 0 Å². The van der Waals surface area contributed by atoms with E-state index in [0.29, 0.717) is 5.25 Å². The van der Waals surface area contributed by atoms with Crippen molar-refractivity contribution < 1.29 is 0 Å². The fourth-order valence-corrected chi connectivity index (χ4v) is 3.77. The Morgan fingerprint density at radius 3 is 2.40 bits per heavy atom. The van der Waals surface area contributed by atoms with E-state index in [9.17, 15) is 0 Å². The van der Waals surface area contributed by atoms with Crippen molar-refractivity contribution in [2.75, 3.05) is 0 Å². The lowest BCUT2D eigenvalue weighted by molar-refractivity contribution is 0.529. The number of hydrogen-bond acceptors (Lipinski definition) is 1. The van der Waals surface area contributed by atoms with E-state index in [2.05, 4.69) is 24.3 Å². The average Bonchev–Trinajstić information content (AvgIpc) is 2.25. The van der Waals surface area contributed by atoms with Gasteiger partial charge >= 0.3 is 0 Å². The lowest BCUT2D eigenvalue weighted by atomic mass is 9.99. The van der Waals surface area contributed by atoms with Crippen LogP contribution in [0.25, 0.3) is 0 Å². The van der Waals surface area contributed by atoms with Crippen LogP contribution in [0.5, 0.6) is 0 Å². The van der Waals surface area contributed by atoms with Crippen LogP contribution < -0.4 is 0 Å². The molecule has 3 atom stereocenters. The third-order valence-electron chi connectivity index (χ3n) is 2.69. The topological polar surface area (TPSA) is 0 Å². The van der Waals surface area contributed by atoms with Crippen molar-refractivity contribution in [3.63, 3.8) is 0 Å². The molecule has 82 valence electrons. The highest BCUT2D eigenvalue weighted by Crippen LogP contribution is 2.37. The fraction of sp³-hybridized carbons (Fsp3) is 0.500. The first kappa shape index (κ1) is 11.6. The Balaban J connectivity index is 1.91. The van der Waals surface area contributed by atoms with Crippen LogP contribution >= 0.6 is 35.0 Å². The number of rotatable bonds is 2. The Hall–Kier alpha value is 0.150. The van der Waals surface area contributed by atoms with Crippen LogP contribution in [0.2, 0.25) is 0 Å². The molecule has 3 heteroatoms. The van der Waals surface area contributed by atoms with E-state index >= 15 is 0 Å². The summed E-state index contributed by atoms with van der Waals surface area (Å²) >= 11 is 14.2. The zero-order valence-electron chi connectivity index (χ0n) is 8.40. The van der Waals surface area contributed by atoms with E-state index in [1.165, 1.54) is 11.3 Å². The zero-order chi connectivity index (χ0) is 10.7. The normalized spacial score (nSPS) is 31.5. The van der Waals surface area contributed by atoms with E-state index in [1.54, 1.807) is 0 Å². The Morgan fingerprint density at radius 2 is 1.73 bits per heavy atom. The summed E-state index contributed by atoms with van der Waals surface area (Å²) in [7, 11) is 0. The molecule has 1 aliphatic rings. The van der Waals surface area contributed by atoms with Crippen LogP contribution in [0.1, 0.15) is 19.3 Å². The zero-order valence-corrected chi connectivity index (χ0v) is 10.7. The lowest BCUT2D eigenvalue weighted by Crippen LogP contribution is -2.27. The number of thioether (sulfide) groups is 1. The highest BCUT2D eigenvalue weighted by molar-refractivity contribution is 8.00. The molecule has 1 fully saturated rings. The molecule has 3 unspecified atom stereocenters. The van der Waals surface area contributed by atoms with Crippen LogP contribution in [-0.4, -0.2) is 16.0 Å². The number of halogens is 2. The van der Waals surface area contributed by atoms with E-state index in [0.717, 1.165) is 12.8 Å². The predicted octanol–water partition coefficient (Wildman–Crippen LogP) is 4.55. The molecule has 0 N–H and O–H groups in total. The van der Waals surface area contributed by atoms with Crippen molar-refractivity contribution in [3.8, 4) is 0 Å². The van der Waals surface area contributed by atoms with Crippen molar-refractivity contribution in [3.05, 3.63) is 30.3 Å². The number of alkyl halides is 2. The van der Waals surface area contributed by atoms with E-state index in [4.69, 9.17) is 23.2 Å². The first-order chi connectivity index (χ1) is 7.25. The van der Waals surface area contributed by atoms with Gasteiger partial charge in [0.2, 0.25) is 0 Å². The molecule has 1 saturated carbocycles. The monoisotopic (exact) mass is 260 g/mol. The summed E-state index contributed by atoms with van der Waals surface area (Å²) in [5, 5.41) is 0.936. The molecule has 0 aliphatic heterocycles. The van der Waals surface area contributed by atoms with E-state index in [1.807, 2.05) is 17.8 Å². The summed E-state index contributed by atoms with van der Waals surface area (Å²) in [6, 6.07) is 10.5. The summed E-state index contributed by atoms with van der Waals surface area (Å²) in [5.74, 6) is 0. The van der Waals surface area contributed by atoms with Crippen LogP contribution in [0.15, 0.2) is 35.2 Å². The lowest BCUT2D eigenvalue weighted by Gasteiger charge is -2.28. The minimum atomic E-state index is 0.140. The molecule has 0 spiro atoms. The first-order valence-electron chi connectivity index (χ1n) is 5.25. The van der Waals surface area contributed by atoms with Crippen LogP contribution in [0, 0.1) is 0 Å². The van der Waals surface area contributed by atoms with Crippen molar-refractivity contribution in [1.82, 2.24) is 0 Å². The quantitative estimate of drug-likeness (QED) is 0.704. The van der Waals surface area contributed by atoms with Crippen molar-refractivity contribution >= 4 is 35.0 Å². The molecule has 0 nitrogen and oxygen atoms in total. The minimum Gasteiger partial charge on any atom is -0.123 e. The third-order valence-corrected chi connectivity index (χ3v) is 5.13. The summed E-state index contributed by atoms with van der Waals surface area (Å²) in [6.07, 6.45) is 3.24. The maximum absolute atomic E-state index is 6.18. The van der Waals surface area contributed by atoms with Crippen LogP contribution in [-0.2, 0) is 0 Å². The van der Waals surface area contributed by atoms with Gasteiger partial charge in [0.15, 0.2) is 0 Å². The third kappa shape index (κ3) is 3.30. The van der Waals surface area contributed by atoms with Crippen molar-refractivity contribution in [2.24, 2.45) is 0 Å². The molecule has 0 saturated heterocycles. The summed E-state index contributed by atoms with van der Waals surface area (Å²) in [4.78, 5) is 1.33.